The third-order valence-electron chi connectivity index (χ3n) is 4.43. The van der Waals surface area contributed by atoms with Crippen molar-refractivity contribution in [2.45, 2.75) is 30.0 Å². The van der Waals surface area contributed by atoms with Crippen LogP contribution in [-0.4, -0.2) is 72.4 Å². The quantitative estimate of drug-likeness (QED) is 0.702. The summed E-state index contributed by atoms with van der Waals surface area (Å²) in [5.41, 5.74) is 0. The van der Waals surface area contributed by atoms with Crippen LogP contribution in [0.5, 0.6) is 0 Å². The van der Waals surface area contributed by atoms with Crippen molar-refractivity contribution >= 4 is 21.8 Å². The molecule has 0 aliphatic carbocycles. The monoisotopic (exact) mass is 371 g/mol. The zero-order valence-corrected chi connectivity index (χ0v) is 14.2. The fraction of sp³-hybridized carbons (Fsp3) is 0.467. The molecule has 2 N–H and O–H groups in total. The maximum atomic E-state index is 13.9. The highest BCUT2D eigenvalue weighted by atomic mass is 32.2. The molecule has 8 nitrogen and oxygen atoms in total. The molecule has 0 aromatic heterocycles. The summed E-state index contributed by atoms with van der Waals surface area (Å²) in [5, 5.41) is 12.0. The van der Waals surface area contributed by atoms with E-state index in [1.54, 1.807) is 0 Å². The molecule has 3 rings (SSSR count). The minimum Gasteiger partial charge on any atom is -0.391 e. The van der Waals surface area contributed by atoms with Gasteiger partial charge in [0.25, 0.3) is 0 Å². The number of aliphatic hydroxyl groups excluding tert-OH is 1. The Bertz CT molecular complexity index is 813. The maximum absolute atomic E-state index is 13.9. The second kappa shape index (κ2) is 6.36. The normalized spacial score (nSPS) is 26.1. The first-order valence-corrected chi connectivity index (χ1v) is 9.21. The van der Waals surface area contributed by atoms with E-state index in [1.807, 2.05) is 0 Å². The fourth-order valence-corrected chi connectivity index (χ4v) is 4.58. The van der Waals surface area contributed by atoms with Crippen molar-refractivity contribution in [1.29, 1.82) is 0 Å². The lowest BCUT2D eigenvalue weighted by Crippen LogP contribution is -2.71. The summed E-state index contributed by atoms with van der Waals surface area (Å²) in [6, 6.07) is 2.96. The van der Waals surface area contributed by atoms with E-state index in [0.717, 1.165) is 16.4 Å². The molecule has 0 spiro atoms. The van der Waals surface area contributed by atoms with Crippen LogP contribution in [0.25, 0.3) is 0 Å². The second-order valence-electron chi connectivity index (χ2n) is 6.07. The van der Waals surface area contributed by atoms with Crippen LogP contribution in [0.15, 0.2) is 29.2 Å². The van der Waals surface area contributed by atoms with E-state index in [1.165, 1.54) is 24.0 Å². The first kappa shape index (κ1) is 17.8. The molecule has 2 saturated heterocycles. The average molecular weight is 371 g/mol. The highest BCUT2D eigenvalue weighted by Crippen LogP contribution is 2.24. The van der Waals surface area contributed by atoms with Crippen molar-refractivity contribution in [3.8, 4) is 0 Å². The molecule has 10 heteroatoms. The number of carbonyl (C=O) groups excluding carboxylic acids is 2. The summed E-state index contributed by atoms with van der Waals surface area (Å²) >= 11 is 0. The molecule has 0 saturated carbocycles. The minimum absolute atomic E-state index is 0.00613. The van der Waals surface area contributed by atoms with Gasteiger partial charge in [0.1, 0.15) is 22.8 Å². The Balaban J connectivity index is 1.85. The van der Waals surface area contributed by atoms with Gasteiger partial charge in [0, 0.05) is 19.6 Å². The van der Waals surface area contributed by atoms with E-state index in [4.69, 9.17) is 0 Å². The molecule has 2 aliphatic rings. The van der Waals surface area contributed by atoms with Gasteiger partial charge < -0.3 is 15.3 Å². The number of nitrogens with zero attached hydrogens (tertiary/aromatic N) is 2. The Kier molecular flexibility index (Phi) is 4.52. The maximum Gasteiger partial charge on any atom is 0.248 e. The number of nitrogens with one attached hydrogen (secondary N) is 1. The first-order chi connectivity index (χ1) is 11.7. The standard InChI is InChI=1S/C15H18FN3O5S/c1-9(20)13-15(22)19-7-6-18(8-11(19)14(21)17-13)25(23,24)12-5-3-2-4-10(12)16/h2-5,9,11,13,20H,6-8H2,1H3,(H,17,21)/t9-,11-,13+/m1/s1. The smallest absolute Gasteiger partial charge is 0.248 e. The summed E-state index contributed by atoms with van der Waals surface area (Å²) in [5.74, 6) is -1.87. The second-order valence-corrected chi connectivity index (χ2v) is 7.97. The van der Waals surface area contributed by atoms with Crippen molar-refractivity contribution in [3.63, 3.8) is 0 Å². The average Bonchev–Trinajstić information content (AvgIpc) is 2.57. The first-order valence-electron chi connectivity index (χ1n) is 7.77. The summed E-state index contributed by atoms with van der Waals surface area (Å²) in [6.07, 6.45) is -1.06. The molecule has 0 bridgehead atoms. The van der Waals surface area contributed by atoms with Crippen LogP contribution in [0.3, 0.4) is 0 Å². The zero-order chi connectivity index (χ0) is 18.4. The topological polar surface area (TPSA) is 107 Å². The van der Waals surface area contributed by atoms with Crippen molar-refractivity contribution in [1.82, 2.24) is 14.5 Å². The van der Waals surface area contributed by atoms with Crippen molar-refractivity contribution in [2.24, 2.45) is 0 Å². The Hall–Kier alpha value is -2.04. The molecule has 3 atom stereocenters. The summed E-state index contributed by atoms with van der Waals surface area (Å²) < 4.78 is 40.2. The Morgan fingerprint density at radius 3 is 2.60 bits per heavy atom. The highest BCUT2D eigenvalue weighted by Gasteiger charge is 2.47. The minimum atomic E-state index is -4.12. The van der Waals surface area contributed by atoms with Gasteiger partial charge in [-0.2, -0.15) is 4.31 Å². The van der Waals surface area contributed by atoms with Crippen LogP contribution in [0, 0.1) is 5.82 Å². The van der Waals surface area contributed by atoms with Gasteiger partial charge in [-0.25, -0.2) is 12.8 Å². The van der Waals surface area contributed by atoms with Gasteiger partial charge in [0.05, 0.1) is 6.10 Å². The molecular formula is C15H18FN3O5S. The number of hydrogen-bond donors (Lipinski definition) is 2. The number of halogens is 1. The molecule has 2 amide bonds. The van der Waals surface area contributed by atoms with Crippen LogP contribution in [-0.2, 0) is 19.6 Å². The molecule has 136 valence electrons. The zero-order valence-electron chi connectivity index (χ0n) is 13.4. The van der Waals surface area contributed by atoms with Gasteiger partial charge in [0.2, 0.25) is 21.8 Å². The Labute approximate surface area is 144 Å². The molecule has 2 fully saturated rings. The van der Waals surface area contributed by atoms with Gasteiger partial charge in [-0.15, -0.1) is 0 Å². The molecular weight excluding hydrogens is 353 g/mol. The van der Waals surface area contributed by atoms with Crippen LogP contribution in [0.4, 0.5) is 4.39 Å². The molecule has 1 aromatic rings. The summed E-state index contributed by atoms with van der Waals surface area (Å²) in [6.45, 7) is 1.06. The van der Waals surface area contributed by atoms with Gasteiger partial charge >= 0.3 is 0 Å². The van der Waals surface area contributed by atoms with Crippen LogP contribution < -0.4 is 5.32 Å². The molecule has 2 heterocycles. The summed E-state index contributed by atoms with van der Waals surface area (Å²) in [4.78, 5) is 25.4. The summed E-state index contributed by atoms with van der Waals surface area (Å²) in [7, 11) is -4.12. The van der Waals surface area contributed by atoms with E-state index in [9.17, 15) is 27.5 Å². The SMILES string of the molecule is C[C@@H](O)[C@@H]1NC(=O)[C@H]2CN(S(=O)(=O)c3ccccc3F)CCN2C1=O. The van der Waals surface area contributed by atoms with E-state index < -0.39 is 50.7 Å². The van der Waals surface area contributed by atoms with Crippen molar-refractivity contribution in [2.75, 3.05) is 19.6 Å². The number of fused-ring (bicyclic) bond motifs is 1. The number of aliphatic hydroxyl groups is 1. The van der Waals surface area contributed by atoms with Crippen LogP contribution in [0.2, 0.25) is 0 Å². The number of benzene rings is 1. The highest BCUT2D eigenvalue weighted by molar-refractivity contribution is 7.89. The lowest BCUT2D eigenvalue weighted by atomic mass is 10.0. The van der Waals surface area contributed by atoms with Gasteiger partial charge in [-0.05, 0) is 19.1 Å². The van der Waals surface area contributed by atoms with Crippen molar-refractivity contribution in [3.05, 3.63) is 30.1 Å². The number of sulfonamides is 1. The third-order valence-corrected chi connectivity index (χ3v) is 6.33. The molecule has 0 unspecified atom stereocenters. The third kappa shape index (κ3) is 3.00. The van der Waals surface area contributed by atoms with Crippen molar-refractivity contribution < 1.29 is 27.5 Å². The van der Waals surface area contributed by atoms with E-state index >= 15 is 0 Å². The number of piperazine rings is 2. The van der Waals surface area contributed by atoms with E-state index in [0.29, 0.717) is 0 Å². The van der Waals surface area contributed by atoms with Crippen LogP contribution in [0.1, 0.15) is 6.92 Å². The lowest BCUT2D eigenvalue weighted by Gasteiger charge is -2.45. The largest absolute Gasteiger partial charge is 0.391 e. The molecule has 2 aliphatic heterocycles. The van der Waals surface area contributed by atoms with E-state index in [-0.39, 0.29) is 19.6 Å². The number of carbonyl (C=O) groups is 2. The molecule has 0 radical (unpaired) electrons. The Morgan fingerprint density at radius 2 is 1.96 bits per heavy atom. The predicted molar refractivity (Wildman–Crippen MR) is 84.3 cm³/mol. The van der Waals surface area contributed by atoms with Gasteiger partial charge in [0.15, 0.2) is 0 Å². The Morgan fingerprint density at radius 1 is 1.28 bits per heavy atom. The van der Waals surface area contributed by atoms with E-state index in [2.05, 4.69) is 5.32 Å². The number of hydrogen-bond acceptors (Lipinski definition) is 5. The molecule has 25 heavy (non-hydrogen) atoms. The predicted octanol–water partition coefficient (Wildman–Crippen LogP) is -1.09. The van der Waals surface area contributed by atoms with Crippen LogP contribution >= 0.6 is 0 Å². The number of amides is 2. The van der Waals surface area contributed by atoms with Gasteiger partial charge in [-0.3, -0.25) is 9.59 Å². The lowest BCUT2D eigenvalue weighted by molar-refractivity contribution is -0.154. The number of rotatable bonds is 3. The van der Waals surface area contributed by atoms with Gasteiger partial charge in [-0.1, -0.05) is 12.1 Å². The molecule has 1 aromatic carbocycles. The fourth-order valence-electron chi connectivity index (χ4n) is 3.07.